The predicted octanol–water partition coefficient (Wildman–Crippen LogP) is 0.908. The molecule has 1 atom stereocenters. The molecule has 1 aromatic carbocycles. The number of halogens is 1. The number of hydrogen-bond acceptors (Lipinski definition) is 3. The van der Waals surface area contributed by atoms with Gasteiger partial charge in [-0.3, -0.25) is 4.79 Å². The number of carbonyl (C=O) groups is 1. The smallest absolute Gasteiger partial charge is 0.223 e. The van der Waals surface area contributed by atoms with Gasteiger partial charge in [0.25, 0.3) is 0 Å². The lowest BCUT2D eigenvalue weighted by Gasteiger charge is -2.11. The molecule has 4 nitrogen and oxygen atoms in total. The zero-order valence-electron chi connectivity index (χ0n) is 8.37. The van der Waals surface area contributed by atoms with Crippen LogP contribution in [0.15, 0.2) is 18.2 Å². The second-order valence-corrected chi connectivity index (χ2v) is 3.30. The Labute approximate surface area is 87.0 Å². The van der Waals surface area contributed by atoms with E-state index in [4.69, 9.17) is 16.2 Å². The molecule has 0 radical (unpaired) electrons. The van der Waals surface area contributed by atoms with E-state index in [2.05, 4.69) is 0 Å². The lowest BCUT2D eigenvalue weighted by molar-refractivity contribution is -0.122. The molecule has 1 amide bonds. The number of anilines is 1. The topological polar surface area (TPSA) is 78.3 Å². The van der Waals surface area contributed by atoms with Crippen molar-refractivity contribution >= 4 is 11.6 Å². The lowest BCUT2D eigenvalue weighted by Crippen LogP contribution is -2.25. The molecule has 0 bridgehead atoms. The zero-order chi connectivity index (χ0) is 11.4. The van der Waals surface area contributed by atoms with Crippen LogP contribution in [0.5, 0.6) is 5.75 Å². The second-order valence-electron chi connectivity index (χ2n) is 3.30. The summed E-state index contributed by atoms with van der Waals surface area (Å²) in [5.74, 6) is -1.12. The zero-order valence-corrected chi connectivity index (χ0v) is 8.37. The molecular weight excluding hydrogens is 199 g/mol. The van der Waals surface area contributed by atoms with Crippen molar-refractivity contribution < 1.29 is 13.9 Å². The molecule has 0 spiro atoms. The summed E-state index contributed by atoms with van der Waals surface area (Å²) in [6.07, 6.45) is 0. The van der Waals surface area contributed by atoms with Gasteiger partial charge in [0.2, 0.25) is 5.91 Å². The standard InChI is InChI=1S/C10H13FN2O2/c1-6(10(13)14)5-15-9-4-7(11)2-3-8(9)12/h2-4,6H,5,12H2,1H3,(H2,13,14). The quantitative estimate of drug-likeness (QED) is 0.728. The average Bonchev–Trinajstić information content (AvgIpc) is 2.18. The molecule has 4 N–H and O–H groups in total. The van der Waals surface area contributed by atoms with Crippen molar-refractivity contribution in [3.05, 3.63) is 24.0 Å². The minimum atomic E-state index is -0.468. The Bertz CT molecular complexity index is 368. The minimum absolute atomic E-state index is 0.0863. The second kappa shape index (κ2) is 4.63. The maximum atomic E-state index is 12.8. The summed E-state index contributed by atoms with van der Waals surface area (Å²) in [5, 5.41) is 0. The van der Waals surface area contributed by atoms with Gasteiger partial charge in [-0.2, -0.15) is 0 Å². The van der Waals surface area contributed by atoms with Crippen LogP contribution in [0.25, 0.3) is 0 Å². The van der Waals surface area contributed by atoms with Crippen molar-refractivity contribution in [3.8, 4) is 5.75 Å². The fourth-order valence-electron chi connectivity index (χ4n) is 0.930. The first-order chi connectivity index (χ1) is 7.00. The third-order valence-corrected chi connectivity index (χ3v) is 1.95. The van der Waals surface area contributed by atoms with Gasteiger partial charge in [0.05, 0.1) is 18.2 Å². The number of carbonyl (C=O) groups excluding carboxylic acids is 1. The fraction of sp³-hybridized carbons (Fsp3) is 0.300. The molecule has 15 heavy (non-hydrogen) atoms. The normalized spacial score (nSPS) is 12.1. The molecule has 82 valence electrons. The number of nitrogen functional groups attached to an aromatic ring is 1. The van der Waals surface area contributed by atoms with Gasteiger partial charge in [0, 0.05) is 6.07 Å². The van der Waals surface area contributed by atoms with E-state index in [1.54, 1.807) is 6.92 Å². The Morgan fingerprint density at radius 2 is 2.27 bits per heavy atom. The Morgan fingerprint density at radius 1 is 1.60 bits per heavy atom. The molecule has 0 aromatic heterocycles. The fourth-order valence-corrected chi connectivity index (χ4v) is 0.930. The molecule has 0 saturated carbocycles. The number of rotatable bonds is 4. The van der Waals surface area contributed by atoms with E-state index in [1.165, 1.54) is 18.2 Å². The Hall–Kier alpha value is -1.78. The van der Waals surface area contributed by atoms with Gasteiger partial charge in [-0.05, 0) is 12.1 Å². The molecule has 0 fully saturated rings. The van der Waals surface area contributed by atoms with Crippen LogP contribution in [0.4, 0.5) is 10.1 Å². The van der Waals surface area contributed by atoms with E-state index >= 15 is 0 Å². The van der Waals surface area contributed by atoms with E-state index in [0.717, 1.165) is 0 Å². The van der Waals surface area contributed by atoms with Gasteiger partial charge in [-0.15, -0.1) is 0 Å². The monoisotopic (exact) mass is 212 g/mol. The van der Waals surface area contributed by atoms with Crippen molar-refractivity contribution in [1.29, 1.82) is 0 Å². The van der Waals surface area contributed by atoms with Crippen molar-refractivity contribution in [2.45, 2.75) is 6.92 Å². The van der Waals surface area contributed by atoms with Crippen molar-refractivity contribution in [3.63, 3.8) is 0 Å². The van der Waals surface area contributed by atoms with Gasteiger partial charge >= 0.3 is 0 Å². The van der Waals surface area contributed by atoms with E-state index < -0.39 is 17.6 Å². The summed E-state index contributed by atoms with van der Waals surface area (Å²) in [6.45, 7) is 1.71. The number of primary amides is 1. The van der Waals surface area contributed by atoms with E-state index in [-0.39, 0.29) is 12.4 Å². The molecule has 0 saturated heterocycles. The highest BCUT2D eigenvalue weighted by Crippen LogP contribution is 2.22. The number of hydrogen-bond donors (Lipinski definition) is 2. The van der Waals surface area contributed by atoms with Crippen LogP contribution in [0.3, 0.4) is 0 Å². The molecule has 1 unspecified atom stereocenters. The lowest BCUT2D eigenvalue weighted by atomic mass is 10.2. The van der Waals surface area contributed by atoms with Crippen LogP contribution < -0.4 is 16.2 Å². The van der Waals surface area contributed by atoms with Crippen LogP contribution in [-0.2, 0) is 4.79 Å². The Morgan fingerprint density at radius 3 is 2.87 bits per heavy atom. The molecular formula is C10H13FN2O2. The van der Waals surface area contributed by atoms with Gasteiger partial charge < -0.3 is 16.2 Å². The molecule has 1 aromatic rings. The third kappa shape index (κ3) is 3.12. The minimum Gasteiger partial charge on any atom is -0.491 e. The first kappa shape index (κ1) is 11.3. The highest BCUT2D eigenvalue weighted by atomic mass is 19.1. The third-order valence-electron chi connectivity index (χ3n) is 1.95. The first-order valence-electron chi connectivity index (χ1n) is 4.48. The predicted molar refractivity (Wildman–Crippen MR) is 54.7 cm³/mol. The van der Waals surface area contributed by atoms with Crippen LogP contribution >= 0.6 is 0 Å². The molecule has 0 aliphatic heterocycles. The number of benzene rings is 1. The van der Waals surface area contributed by atoms with E-state index in [9.17, 15) is 9.18 Å². The van der Waals surface area contributed by atoms with Crippen molar-refractivity contribution in [2.75, 3.05) is 12.3 Å². The van der Waals surface area contributed by atoms with E-state index in [0.29, 0.717) is 5.69 Å². The number of nitrogens with two attached hydrogens (primary N) is 2. The van der Waals surface area contributed by atoms with E-state index in [1.807, 2.05) is 0 Å². The van der Waals surface area contributed by atoms with Crippen molar-refractivity contribution in [2.24, 2.45) is 11.7 Å². The maximum Gasteiger partial charge on any atom is 0.223 e. The largest absolute Gasteiger partial charge is 0.491 e. The molecule has 5 heteroatoms. The molecule has 1 rings (SSSR count). The highest BCUT2D eigenvalue weighted by Gasteiger charge is 2.10. The number of ether oxygens (including phenoxy) is 1. The summed E-state index contributed by atoms with van der Waals surface area (Å²) < 4.78 is 18.0. The maximum absolute atomic E-state index is 12.8. The highest BCUT2D eigenvalue weighted by molar-refractivity contribution is 5.76. The summed E-state index contributed by atoms with van der Waals surface area (Å²) in [7, 11) is 0. The Balaban J connectivity index is 2.65. The average molecular weight is 212 g/mol. The SMILES string of the molecule is CC(COc1cc(F)ccc1N)C(N)=O. The first-order valence-corrected chi connectivity index (χ1v) is 4.48. The molecule has 0 heterocycles. The van der Waals surface area contributed by atoms with Gasteiger partial charge in [0.15, 0.2) is 0 Å². The summed E-state index contributed by atoms with van der Waals surface area (Å²) >= 11 is 0. The number of amides is 1. The Kier molecular flexibility index (Phi) is 3.49. The van der Waals surface area contributed by atoms with Gasteiger partial charge in [-0.25, -0.2) is 4.39 Å². The van der Waals surface area contributed by atoms with Crippen LogP contribution in [0.1, 0.15) is 6.92 Å². The van der Waals surface area contributed by atoms with Crippen molar-refractivity contribution in [1.82, 2.24) is 0 Å². The molecule has 0 aliphatic carbocycles. The van der Waals surface area contributed by atoms with Gasteiger partial charge in [-0.1, -0.05) is 6.92 Å². The van der Waals surface area contributed by atoms with Crippen LogP contribution in [0, 0.1) is 11.7 Å². The summed E-state index contributed by atoms with van der Waals surface area (Å²) in [5.41, 5.74) is 10.9. The molecule has 0 aliphatic rings. The summed E-state index contributed by atoms with van der Waals surface area (Å²) in [6, 6.07) is 3.81. The van der Waals surface area contributed by atoms with Crippen LogP contribution in [0.2, 0.25) is 0 Å². The summed E-state index contributed by atoms with van der Waals surface area (Å²) in [4.78, 5) is 10.7. The van der Waals surface area contributed by atoms with Gasteiger partial charge in [0.1, 0.15) is 11.6 Å². The van der Waals surface area contributed by atoms with Crippen LogP contribution in [-0.4, -0.2) is 12.5 Å².